The van der Waals surface area contributed by atoms with Gasteiger partial charge in [-0.25, -0.2) is 0 Å². The highest BCUT2D eigenvalue weighted by Crippen LogP contribution is 2.14. The first-order valence-corrected chi connectivity index (χ1v) is 7.21. The van der Waals surface area contributed by atoms with Crippen LogP contribution >= 0.6 is 27.5 Å². The molecule has 1 aromatic carbocycles. The highest BCUT2D eigenvalue weighted by atomic mass is 79.9. The maximum Gasteiger partial charge on any atom is 0.162 e. The molecule has 100 valence electrons. The molecule has 0 fully saturated rings. The topological polar surface area (TPSA) is 34.9 Å². The fraction of sp³-hybridized carbons (Fsp3) is 0.286. The molecule has 0 saturated carbocycles. The first-order chi connectivity index (χ1) is 9.06. The van der Waals surface area contributed by atoms with Gasteiger partial charge in [0.2, 0.25) is 0 Å². The molecule has 1 heterocycles. The molecule has 2 rings (SSSR count). The second-order valence-electron chi connectivity index (χ2n) is 4.36. The zero-order valence-electron chi connectivity index (χ0n) is 10.6. The number of Topliss-reactive ketones (excluding diaryl/α,β-unsaturated/α-hetero) is 1. The third kappa shape index (κ3) is 3.91. The van der Waals surface area contributed by atoms with Gasteiger partial charge in [-0.3, -0.25) is 9.48 Å². The number of carbonyl (C=O) groups is 1. The van der Waals surface area contributed by atoms with Gasteiger partial charge in [0, 0.05) is 29.2 Å². The zero-order valence-corrected chi connectivity index (χ0v) is 12.9. The summed E-state index contributed by atoms with van der Waals surface area (Å²) in [4.78, 5) is 11.9. The Morgan fingerprint density at radius 2 is 2.05 bits per heavy atom. The van der Waals surface area contributed by atoms with Crippen LogP contribution in [0.4, 0.5) is 0 Å². The van der Waals surface area contributed by atoms with Crippen molar-refractivity contribution in [3.05, 3.63) is 51.2 Å². The Hall–Kier alpha value is -1.13. The van der Waals surface area contributed by atoms with Crippen LogP contribution in [0, 0.1) is 6.92 Å². The van der Waals surface area contributed by atoms with Gasteiger partial charge >= 0.3 is 0 Å². The Balaban J connectivity index is 1.85. The molecule has 2 aromatic rings. The van der Waals surface area contributed by atoms with Gasteiger partial charge in [0.15, 0.2) is 5.78 Å². The molecule has 0 N–H and O–H groups in total. The van der Waals surface area contributed by atoms with Gasteiger partial charge in [0.25, 0.3) is 0 Å². The van der Waals surface area contributed by atoms with Crippen LogP contribution in [0.15, 0.2) is 34.9 Å². The lowest BCUT2D eigenvalue weighted by Crippen LogP contribution is -2.04. The van der Waals surface area contributed by atoms with Crippen molar-refractivity contribution in [2.24, 2.45) is 0 Å². The quantitative estimate of drug-likeness (QED) is 0.761. The summed E-state index contributed by atoms with van der Waals surface area (Å²) in [5.41, 5.74) is 1.57. The Morgan fingerprint density at radius 1 is 1.37 bits per heavy atom. The van der Waals surface area contributed by atoms with E-state index in [1.54, 1.807) is 10.9 Å². The summed E-state index contributed by atoms with van der Waals surface area (Å²) < 4.78 is 2.76. The maximum atomic E-state index is 11.9. The van der Waals surface area contributed by atoms with E-state index in [0.717, 1.165) is 22.2 Å². The molecule has 19 heavy (non-hydrogen) atoms. The molecule has 0 amide bonds. The molecule has 5 heteroatoms. The molecular weight excluding hydrogens is 328 g/mol. The fourth-order valence-corrected chi connectivity index (χ4v) is 2.20. The van der Waals surface area contributed by atoms with Crippen molar-refractivity contribution >= 4 is 33.3 Å². The third-order valence-electron chi connectivity index (χ3n) is 2.84. The minimum Gasteiger partial charge on any atom is -0.294 e. The van der Waals surface area contributed by atoms with Gasteiger partial charge in [-0.2, -0.15) is 5.10 Å². The normalized spacial score (nSPS) is 10.7. The Labute approximate surface area is 125 Å². The first kappa shape index (κ1) is 14.3. The number of aromatic nitrogens is 2. The van der Waals surface area contributed by atoms with Gasteiger partial charge < -0.3 is 0 Å². The number of benzene rings is 1. The predicted molar refractivity (Wildman–Crippen MR) is 79.7 cm³/mol. The standard InChI is InChI=1S/C14H14BrClN2O/c1-10-13(16)9-18(17-10)8-2-3-14(19)11-4-6-12(15)7-5-11/h4-7,9H,2-3,8H2,1H3. The van der Waals surface area contributed by atoms with E-state index < -0.39 is 0 Å². The van der Waals surface area contributed by atoms with Crippen molar-refractivity contribution in [1.82, 2.24) is 9.78 Å². The molecule has 0 atom stereocenters. The lowest BCUT2D eigenvalue weighted by molar-refractivity contribution is 0.0978. The van der Waals surface area contributed by atoms with E-state index >= 15 is 0 Å². The monoisotopic (exact) mass is 340 g/mol. The van der Waals surface area contributed by atoms with E-state index in [4.69, 9.17) is 11.6 Å². The molecule has 3 nitrogen and oxygen atoms in total. The number of nitrogens with zero attached hydrogens (tertiary/aromatic N) is 2. The Kier molecular flexibility index (Phi) is 4.77. The van der Waals surface area contributed by atoms with E-state index in [1.165, 1.54) is 0 Å². The van der Waals surface area contributed by atoms with Crippen molar-refractivity contribution in [1.29, 1.82) is 0 Å². The largest absolute Gasteiger partial charge is 0.294 e. The van der Waals surface area contributed by atoms with Crippen LogP contribution in [0.2, 0.25) is 5.02 Å². The minimum absolute atomic E-state index is 0.155. The number of hydrogen-bond donors (Lipinski definition) is 0. The summed E-state index contributed by atoms with van der Waals surface area (Å²) in [5, 5.41) is 4.92. The minimum atomic E-state index is 0.155. The van der Waals surface area contributed by atoms with Crippen LogP contribution in [0.1, 0.15) is 28.9 Å². The highest BCUT2D eigenvalue weighted by molar-refractivity contribution is 9.10. The van der Waals surface area contributed by atoms with E-state index in [1.807, 2.05) is 31.2 Å². The van der Waals surface area contributed by atoms with Crippen LogP contribution in [0.5, 0.6) is 0 Å². The average Bonchev–Trinajstić information content (AvgIpc) is 2.69. The first-order valence-electron chi connectivity index (χ1n) is 6.04. The molecule has 0 spiro atoms. The van der Waals surface area contributed by atoms with Gasteiger partial charge in [0.1, 0.15) is 0 Å². The number of hydrogen-bond acceptors (Lipinski definition) is 2. The number of ketones is 1. The summed E-state index contributed by atoms with van der Waals surface area (Å²) in [6.07, 6.45) is 3.06. The second kappa shape index (κ2) is 6.35. The van der Waals surface area contributed by atoms with Crippen LogP contribution in [0.25, 0.3) is 0 Å². The fourth-order valence-electron chi connectivity index (χ4n) is 1.79. The van der Waals surface area contributed by atoms with Crippen LogP contribution < -0.4 is 0 Å². The molecule has 0 aliphatic carbocycles. The van der Waals surface area contributed by atoms with Gasteiger partial charge in [-0.05, 0) is 25.5 Å². The second-order valence-corrected chi connectivity index (χ2v) is 5.68. The SMILES string of the molecule is Cc1nn(CCCC(=O)c2ccc(Br)cc2)cc1Cl. The Morgan fingerprint density at radius 3 is 2.63 bits per heavy atom. The van der Waals surface area contributed by atoms with Crippen molar-refractivity contribution in [3.8, 4) is 0 Å². The summed E-state index contributed by atoms with van der Waals surface area (Å²) in [5.74, 6) is 0.155. The zero-order chi connectivity index (χ0) is 13.8. The summed E-state index contributed by atoms with van der Waals surface area (Å²) in [7, 11) is 0. The van der Waals surface area contributed by atoms with E-state index in [-0.39, 0.29) is 5.78 Å². The molecule has 0 aliphatic rings. The van der Waals surface area contributed by atoms with Crippen molar-refractivity contribution in [3.63, 3.8) is 0 Å². The van der Waals surface area contributed by atoms with Crippen LogP contribution in [-0.4, -0.2) is 15.6 Å². The van der Waals surface area contributed by atoms with Gasteiger partial charge in [-0.1, -0.05) is 39.7 Å². The molecule has 0 bridgehead atoms. The van der Waals surface area contributed by atoms with E-state index in [2.05, 4.69) is 21.0 Å². The number of halogens is 2. The lowest BCUT2D eigenvalue weighted by atomic mass is 10.1. The van der Waals surface area contributed by atoms with Crippen LogP contribution in [-0.2, 0) is 6.54 Å². The molecule has 0 radical (unpaired) electrons. The molecule has 0 aliphatic heterocycles. The van der Waals surface area contributed by atoms with Gasteiger partial charge in [-0.15, -0.1) is 0 Å². The van der Waals surface area contributed by atoms with Gasteiger partial charge in [0.05, 0.1) is 10.7 Å². The van der Waals surface area contributed by atoms with Crippen LogP contribution in [0.3, 0.4) is 0 Å². The maximum absolute atomic E-state index is 11.9. The summed E-state index contributed by atoms with van der Waals surface area (Å²) >= 11 is 9.28. The Bertz CT molecular complexity index is 558. The highest BCUT2D eigenvalue weighted by Gasteiger charge is 2.06. The smallest absolute Gasteiger partial charge is 0.162 e. The lowest BCUT2D eigenvalue weighted by Gasteiger charge is -2.02. The molecular formula is C14H14BrClN2O. The third-order valence-corrected chi connectivity index (χ3v) is 3.74. The van der Waals surface area contributed by atoms with E-state index in [9.17, 15) is 4.79 Å². The molecule has 0 saturated heterocycles. The van der Waals surface area contributed by atoms with Crippen molar-refractivity contribution in [2.45, 2.75) is 26.3 Å². The van der Waals surface area contributed by atoms with Crippen molar-refractivity contribution < 1.29 is 4.79 Å². The predicted octanol–water partition coefficient (Wildman–Crippen LogP) is 4.27. The molecule has 1 aromatic heterocycles. The number of aryl methyl sites for hydroxylation is 2. The average molecular weight is 342 g/mol. The number of carbonyl (C=O) groups excluding carboxylic acids is 1. The summed E-state index contributed by atoms with van der Waals surface area (Å²) in [6, 6.07) is 7.43. The summed E-state index contributed by atoms with van der Waals surface area (Å²) in [6.45, 7) is 2.57. The van der Waals surface area contributed by atoms with E-state index in [0.29, 0.717) is 18.0 Å². The molecule has 0 unspecified atom stereocenters. The number of rotatable bonds is 5. The van der Waals surface area contributed by atoms with Crippen molar-refractivity contribution in [2.75, 3.05) is 0 Å².